The van der Waals surface area contributed by atoms with Gasteiger partial charge < -0.3 is 0 Å². The number of rotatable bonds is 6. The number of alkyl halides is 3. The zero-order valence-electron chi connectivity index (χ0n) is 17.1. The van der Waals surface area contributed by atoms with Crippen molar-refractivity contribution in [1.82, 2.24) is 4.90 Å². The molecular weight excluding hydrogens is 395 g/mol. The molecule has 158 valence electrons. The minimum Gasteiger partial charge on any atom is -0.299 e. The molecule has 0 radical (unpaired) electrons. The normalized spacial score (nSPS) is 15.0. The molecule has 3 rings (SSSR count). The third kappa shape index (κ3) is 5.86. The van der Waals surface area contributed by atoms with Crippen LogP contribution in [0.4, 0.5) is 13.2 Å². The molecule has 0 N–H and O–H groups in total. The van der Waals surface area contributed by atoms with Gasteiger partial charge in [-0.05, 0) is 59.6 Å². The molecule has 1 aliphatic heterocycles. The van der Waals surface area contributed by atoms with E-state index in [0.717, 1.165) is 37.9 Å². The van der Waals surface area contributed by atoms with E-state index in [2.05, 4.69) is 36.9 Å². The first-order chi connectivity index (χ1) is 13.4. The molecule has 0 unspecified atom stereocenters. The van der Waals surface area contributed by atoms with Gasteiger partial charge in [0, 0.05) is 19.6 Å². The van der Waals surface area contributed by atoms with Gasteiger partial charge in [0.05, 0.1) is 5.56 Å². The number of aryl methyl sites for hydroxylation is 2. The summed E-state index contributed by atoms with van der Waals surface area (Å²) in [5.41, 5.74) is 4.79. The Balaban J connectivity index is 0.00000300. The smallest absolute Gasteiger partial charge is 0.299 e. The molecule has 0 aromatic heterocycles. The summed E-state index contributed by atoms with van der Waals surface area (Å²) in [7, 11) is 0. The summed E-state index contributed by atoms with van der Waals surface area (Å²) in [5, 5.41) is 0. The van der Waals surface area contributed by atoms with Gasteiger partial charge in [-0.2, -0.15) is 13.2 Å². The summed E-state index contributed by atoms with van der Waals surface area (Å²) in [6, 6.07) is 12.7. The maximum Gasteiger partial charge on any atom is 0.416 e. The van der Waals surface area contributed by atoms with Crippen LogP contribution in [0.25, 0.3) is 5.57 Å². The quantitative estimate of drug-likeness (QED) is 0.507. The molecule has 0 atom stereocenters. The van der Waals surface area contributed by atoms with Crippen LogP contribution in [0.5, 0.6) is 0 Å². The van der Waals surface area contributed by atoms with Gasteiger partial charge in [0.2, 0.25) is 0 Å². The molecule has 0 bridgehead atoms. The maximum atomic E-state index is 13.3. The topological polar surface area (TPSA) is 3.24 Å². The van der Waals surface area contributed by atoms with Crippen LogP contribution in [0.2, 0.25) is 0 Å². The SMILES string of the molecule is CCc1ccc(CCN2CC=C(c3ccccc3C(F)(F)F)CC2)cc1CC.Cl. The highest BCUT2D eigenvalue weighted by Gasteiger charge is 2.34. The van der Waals surface area contributed by atoms with Gasteiger partial charge >= 0.3 is 6.18 Å². The lowest BCUT2D eigenvalue weighted by molar-refractivity contribution is -0.137. The van der Waals surface area contributed by atoms with Gasteiger partial charge in [0.15, 0.2) is 0 Å². The first-order valence-corrected chi connectivity index (χ1v) is 10.1. The van der Waals surface area contributed by atoms with Crippen molar-refractivity contribution >= 4 is 18.0 Å². The van der Waals surface area contributed by atoms with Gasteiger partial charge in [-0.25, -0.2) is 0 Å². The second-order valence-corrected chi connectivity index (χ2v) is 7.38. The number of hydrogen-bond acceptors (Lipinski definition) is 1. The van der Waals surface area contributed by atoms with Gasteiger partial charge in [0.1, 0.15) is 0 Å². The van der Waals surface area contributed by atoms with Crippen molar-refractivity contribution in [3.8, 4) is 0 Å². The molecule has 1 nitrogen and oxygen atoms in total. The van der Waals surface area contributed by atoms with Crippen LogP contribution in [-0.2, 0) is 25.4 Å². The first-order valence-electron chi connectivity index (χ1n) is 10.1. The Morgan fingerprint density at radius 3 is 2.31 bits per heavy atom. The summed E-state index contributed by atoms with van der Waals surface area (Å²) in [6.07, 6.45) is 1.39. The van der Waals surface area contributed by atoms with Crippen molar-refractivity contribution in [3.05, 3.63) is 76.4 Å². The zero-order chi connectivity index (χ0) is 20.1. The van der Waals surface area contributed by atoms with E-state index in [1.165, 1.54) is 28.8 Å². The van der Waals surface area contributed by atoms with Crippen molar-refractivity contribution in [2.24, 2.45) is 0 Å². The molecule has 2 aromatic carbocycles. The second kappa shape index (κ2) is 10.3. The molecule has 1 aliphatic rings. The zero-order valence-corrected chi connectivity index (χ0v) is 17.9. The number of halogens is 4. The van der Waals surface area contributed by atoms with Gasteiger partial charge in [0.25, 0.3) is 0 Å². The highest BCUT2D eigenvalue weighted by molar-refractivity contribution is 5.85. The van der Waals surface area contributed by atoms with Gasteiger partial charge in [-0.1, -0.05) is 56.3 Å². The number of benzene rings is 2. The van der Waals surface area contributed by atoms with Crippen LogP contribution in [-0.4, -0.2) is 24.5 Å². The molecule has 5 heteroatoms. The van der Waals surface area contributed by atoms with Crippen LogP contribution in [0.1, 0.15) is 48.1 Å². The largest absolute Gasteiger partial charge is 0.416 e. The maximum absolute atomic E-state index is 13.3. The summed E-state index contributed by atoms with van der Waals surface area (Å²) < 4.78 is 39.8. The highest BCUT2D eigenvalue weighted by Crippen LogP contribution is 2.36. The average molecular weight is 424 g/mol. The second-order valence-electron chi connectivity index (χ2n) is 7.38. The van der Waals surface area contributed by atoms with E-state index in [4.69, 9.17) is 0 Å². The van der Waals surface area contributed by atoms with Crippen LogP contribution in [0.3, 0.4) is 0 Å². The van der Waals surface area contributed by atoms with Crippen molar-refractivity contribution < 1.29 is 13.2 Å². The lowest BCUT2D eigenvalue weighted by Gasteiger charge is -2.27. The Bertz CT molecular complexity index is 842. The lowest BCUT2D eigenvalue weighted by atomic mass is 9.94. The molecule has 0 aliphatic carbocycles. The van der Waals surface area contributed by atoms with E-state index in [-0.39, 0.29) is 12.4 Å². The Hall–Kier alpha value is -1.78. The minimum absolute atomic E-state index is 0. The highest BCUT2D eigenvalue weighted by atomic mass is 35.5. The molecule has 0 amide bonds. The van der Waals surface area contributed by atoms with E-state index >= 15 is 0 Å². The molecule has 0 fully saturated rings. The summed E-state index contributed by atoms with van der Waals surface area (Å²) in [6.45, 7) is 6.80. The first kappa shape index (κ1) is 23.5. The Morgan fingerprint density at radius 2 is 1.69 bits per heavy atom. The van der Waals surface area contributed by atoms with Crippen LogP contribution >= 0.6 is 12.4 Å². The third-order valence-electron chi connectivity index (χ3n) is 5.62. The molecule has 29 heavy (non-hydrogen) atoms. The fraction of sp³-hybridized carbons (Fsp3) is 0.417. The van der Waals surface area contributed by atoms with E-state index in [9.17, 15) is 13.2 Å². The lowest BCUT2D eigenvalue weighted by Crippen LogP contribution is -2.30. The standard InChI is InChI=1S/C24H28F3N.ClH/c1-3-19-10-9-18(17-20(19)4-2)11-14-28-15-12-21(13-16-28)22-7-5-6-8-23(22)24(25,26)27;/h5-10,12,17H,3-4,11,13-16H2,1-2H3;1H. The molecule has 0 spiro atoms. The summed E-state index contributed by atoms with van der Waals surface area (Å²) in [5.74, 6) is 0. The fourth-order valence-corrected chi connectivity index (χ4v) is 3.97. The monoisotopic (exact) mass is 423 g/mol. The molecule has 1 heterocycles. The fourth-order valence-electron chi connectivity index (χ4n) is 3.97. The van der Waals surface area contributed by atoms with Gasteiger partial charge in [-0.3, -0.25) is 4.90 Å². The summed E-state index contributed by atoms with van der Waals surface area (Å²) >= 11 is 0. The van der Waals surface area contributed by atoms with Crippen molar-refractivity contribution in [2.75, 3.05) is 19.6 Å². The van der Waals surface area contributed by atoms with Crippen LogP contribution in [0, 0.1) is 0 Å². The van der Waals surface area contributed by atoms with E-state index in [1.54, 1.807) is 12.1 Å². The van der Waals surface area contributed by atoms with Gasteiger partial charge in [-0.15, -0.1) is 12.4 Å². The van der Waals surface area contributed by atoms with Crippen LogP contribution < -0.4 is 0 Å². The van der Waals surface area contributed by atoms with Crippen molar-refractivity contribution in [2.45, 2.75) is 45.7 Å². The molecule has 0 saturated heterocycles. The molecular formula is C24H29ClF3N. The van der Waals surface area contributed by atoms with E-state index in [0.29, 0.717) is 18.5 Å². The van der Waals surface area contributed by atoms with E-state index < -0.39 is 11.7 Å². The summed E-state index contributed by atoms with van der Waals surface area (Å²) in [4.78, 5) is 2.32. The predicted molar refractivity (Wildman–Crippen MR) is 117 cm³/mol. The Morgan fingerprint density at radius 1 is 0.966 bits per heavy atom. The Labute approximate surface area is 178 Å². The molecule has 0 saturated carbocycles. The number of hydrogen-bond donors (Lipinski definition) is 0. The average Bonchev–Trinajstić information content (AvgIpc) is 2.71. The van der Waals surface area contributed by atoms with Crippen LogP contribution in [0.15, 0.2) is 48.5 Å². The predicted octanol–water partition coefficient (Wildman–Crippen LogP) is 6.58. The number of nitrogens with zero attached hydrogens (tertiary/aromatic N) is 1. The van der Waals surface area contributed by atoms with Crippen molar-refractivity contribution in [1.29, 1.82) is 0 Å². The molecule has 2 aromatic rings. The third-order valence-corrected chi connectivity index (χ3v) is 5.62. The minimum atomic E-state index is -4.31. The van der Waals surface area contributed by atoms with E-state index in [1.807, 2.05) is 6.08 Å². The van der Waals surface area contributed by atoms with Crippen molar-refractivity contribution in [3.63, 3.8) is 0 Å². The Kier molecular flexibility index (Phi) is 8.35.